The van der Waals surface area contributed by atoms with Crippen LogP contribution in [0.1, 0.15) is 32.8 Å². The molecule has 20 heavy (non-hydrogen) atoms. The van der Waals surface area contributed by atoms with Gasteiger partial charge in [0.05, 0.1) is 11.6 Å². The third-order valence-corrected chi connectivity index (χ3v) is 6.67. The Morgan fingerprint density at radius 2 is 1.85 bits per heavy atom. The van der Waals surface area contributed by atoms with Gasteiger partial charge in [-0.2, -0.15) is 4.31 Å². The molecule has 0 fully saturated rings. The molecule has 0 amide bonds. The van der Waals surface area contributed by atoms with E-state index in [0.717, 1.165) is 0 Å². The number of benzene rings is 1. The van der Waals surface area contributed by atoms with E-state index in [-0.39, 0.29) is 20.5 Å². The van der Waals surface area contributed by atoms with Crippen LogP contribution in [0.3, 0.4) is 0 Å². The molecule has 1 N–H and O–H groups in total. The minimum Gasteiger partial charge on any atom is -0.392 e. The Kier molecular flexibility index (Phi) is 5.49. The second kappa shape index (κ2) is 6.20. The maximum atomic E-state index is 12.7. The molecule has 114 valence electrons. The van der Waals surface area contributed by atoms with E-state index < -0.39 is 22.2 Å². The van der Waals surface area contributed by atoms with Gasteiger partial charge in [-0.25, -0.2) is 8.42 Å². The highest BCUT2D eigenvalue weighted by atomic mass is 35.5. The molecule has 4 nitrogen and oxygen atoms in total. The zero-order chi connectivity index (χ0) is 15.7. The Bertz CT molecular complexity index is 600. The number of halogens is 2. The fourth-order valence-corrected chi connectivity index (χ4v) is 4.06. The zero-order valence-electron chi connectivity index (χ0n) is 11.9. The van der Waals surface area contributed by atoms with Gasteiger partial charge in [-0.05, 0) is 32.4 Å². The summed E-state index contributed by atoms with van der Waals surface area (Å²) >= 11 is 12.0. The predicted octanol–water partition coefficient (Wildman–Crippen LogP) is 3.29. The fourth-order valence-electron chi connectivity index (χ4n) is 1.62. The summed E-state index contributed by atoms with van der Waals surface area (Å²) in [6, 6.07) is 2.79. The Morgan fingerprint density at radius 1 is 1.30 bits per heavy atom. The Hall–Kier alpha value is -0.330. The van der Waals surface area contributed by atoms with Crippen LogP contribution in [-0.2, 0) is 16.6 Å². The molecule has 1 aromatic rings. The van der Waals surface area contributed by atoms with E-state index in [2.05, 4.69) is 0 Å². The summed E-state index contributed by atoms with van der Waals surface area (Å²) in [4.78, 5) is -0.0448. The molecule has 0 atom stereocenters. The van der Waals surface area contributed by atoms with Crippen LogP contribution < -0.4 is 0 Å². The molecule has 7 heteroatoms. The van der Waals surface area contributed by atoms with Gasteiger partial charge in [-0.1, -0.05) is 30.1 Å². The minimum absolute atomic E-state index is 0.0289. The molecule has 0 heterocycles. The molecule has 0 bridgehead atoms. The third kappa shape index (κ3) is 3.12. The lowest BCUT2D eigenvalue weighted by Gasteiger charge is -2.34. The Balaban J connectivity index is 3.45. The molecule has 0 saturated heterocycles. The maximum Gasteiger partial charge on any atom is 0.244 e. The largest absolute Gasteiger partial charge is 0.392 e. The van der Waals surface area contributed by atoms with Crippen molar-refractivity contribution in [3.05, 3.63) is 27.7 Å². The van der Waals surface area contributed by atoms with E-state index in [0.29, 0.717) is 6.42 Å². The molecular formula is C13H19Cl2NO3S. The SMILES string of the molecule is CCC(C)(C)N(C)S(=O)(=O)c1ccc(Cl)c(CO)c1Cl. The van der Waals surface area contributed by atoms with Crippen LogP contribution in [0, 0.1) is 0 Å². The van der Waals surface area contributed by atoms with E-state index in [1.165, 1.54) is 23.5 Å². The summed E-state index contributed by atoms with van der Waals surface area (Å²) in [6.45, 7) is 5.17. The van der Waals surface area contributed by atoms with Crippen LogP contribution in [0.2, 0.25) is 10.0 Å². The van der Waals surface area contributed by atoms with Crippen molar-refractivity contribution in [2.75, 3.05) is 7.05 Å². The highest BCUT2D eigenvalue weighted by Crippen LogP contribution is 2.34. The summed E-state index contributed by atoms with van der Waals surface area (Å²) in [5.74, 6) is 0. The fraction of sp³-hybridized carbons (Fsp3) is 0.538. The normalized spacial score (nSPS) is 13.0. The van der Waals surface area contributed by atoms with E-state index in [1.54, 1.807) is 0 Å². The van der Waals surface area contributed by atoms with Gasteiger partial charge >= 0.3 is 0 Å². The second-order valence-electron chi connectivity index (χ2n) is 5.13. The number of sulfonamides is 1. The first-order valence-corrected chi connectivity index (χ1v) is 8.36. The van der Waals surface area contributed by atoms with Crippen LogP contribution in [0.4, 0.5) is 0 Å². The first kappa shape index (κ1) is 17.7. The molecule has 1 aromatic carbocycles. The van der Waals surface area contributed by atoms with Gasteiger partial charge in [-0.15, -0.1) is 0 Å². The molecule has 0 saturated carbocycles. The smallest absolute Gasteiger partial charge is 0.244 e. The average Bonchev–Trinajstić information content (AvgIpc) is 2.38. The zero-order valence-corrected chi connectivity index (χ0v) is 14.3. The summed E-state index contributed by atoms with van der Waals surface area (Å²) in [7, 11) is -2.24. The van der Waals surface area contributed by atoms with Gasteiger partial charge in [0.1, 0.15) is 4.90 Å². The lowest BCUT2D eigenvalue weighted by Crippen LogP contribution is -2.44. The highest BCUT2D eigenvalue weighted by Gasteiger charge is 2.34. The van der Waals surface area contributed by atoms with Crippen LogP contribution in [0.25, 0.3) is 0 Å². The first-order chi connectivity index (χ1) is 9.09. The van der Waals surface area contributed by atoms with E-state index in [1.807, 2.05) is 20.8 Å². The molecular weight excluding hydrogens is 321 g/mol. The molecule has 0 aromatic heterocycles. The Morgan fingerprint density at radius 3 is 2.30 bits per heavy atom. The van der Waals surface area contributed by atoms with E-state index in [9.17, 15) is 13.5 Å². The van der Waals surface area contributed by atoms with Crippen molar-refractivity contribution >= 4 is 33.2 Å². The topological polar surface area (TPSA) is 57.6 Å². The summed E-state index contributed by atoms with van der Waals surface area (Å²) in [6.07, 6.45) is 0.654. The van der Waals surface area contributed by atoms with Gasteiger partial charge in [-0.3, -0.25) is 0 Å². The number of hydrogen-bond donors (Lipinski definition) is 1. The van der Waals surface area contributed by atoms with Crippen LogP contribution >= 0.6 is 23.2 Å². The lowest BCUT2D eigenvalue weighted by molar-refractivity contribution is 0.257. The highest BCUT2D eigenvalue weighted by molar-refractivity contribution is 7.89. The number of aliphatic hydroxyl groups excluding tert-OH is 1. The molecule has 0 radical (unpaired) electrons. The van der Waals surface area contributed by atoms with Gasteiger partial charge in [0.2, 0.25) is 10.0 Å². The van der Waals surface area contributed by atoms with Gasteiger partial charge in [0, 0.05) is 23.2 Å². The van der Waals surface area contributed by atoms with E-state index in [4.69, 9.17) is 23.2 Å². The molecule has 0 unspecified atom stereocenters. The van der Waals surface area contributed by atoms with Gasteiger partial charge in [0.15, 0.2) is 0 Å². The summed E-state index contributed by atoms with van der Waals surface area (Å²) < 4.78 is 26.6. The standard InChI is InChI=1S/C13H19Cl2NO3S/c1-5-13(2,3)16(4)20(18,19)11-7-6-10(14)9(8-17)12(11)15/h6-7,17H,5,8H2,1-4H3. The number of nitrogens with zero attached hydrogens (tertiary/aromatic N) is 1. The molecule has 1 rings (SSSR count). The second-order valence-corrected chi connectivity index (χ2v) is 7.86. The lowest BCUT2D eigenvalue weighted by atomic mass is 10.0. The van der Waals surface area contributed by atoms with Crippen molar-refractivity contribution in [1.29, 1.82) is 0 Å². The van der Waals surface area contributed by atoms with Crippen molar-refractivity contribution in [1.82, 2.24) is 4.31 Å². The predicted molar refractivity (Wildman–Crippen MR) is 81.7 cm³/mol. The Labute approximate surface area is 130 Å². The molecule has 0 spiro atoms. The molecule has 0 aliphatic heterocycles. The van der Waals surface area contributed by atoms with Crippen LogP contribution in [0.5, 0.6) is 0 Å². The third-order valence-electron chi connectivity index (χ3n) is 3.66. The van der Waals surface area contributed by atoms with Crippen molar-refractivity contribution in [3.8, 4) is 0 Å². The molecule has 0 aliphatic carbocycles. The number of rotatable bonds is 5. The van der Waals surface area contributed by atoms with Crippen molar-refractivity contribution in [2.24, 2.45) is 0 Å². The first-order valence-electron chi connectivity index (χ1n) is 6.16. The van der Waals surface area contributed by atoms with E-state index >= 15 is 0 Å². The monoisotopic (exact) mass is 339 g/mol. The molecule has 0 aliphatic rings. The number of aliphatic hydroxyl groups is 1. The van der Waals surface area contributed by atoms with Crippen molar-refractivity contribution in [3.63, 3.8) is 0 Å². The van der Waals surface area contributed by atoms with Crippen molar-refractivity contribution < 1.29 is 13.5 Å². The van der Waals surface area contributed by atoms with Crippen LogP contribution in [-0.4, -0.2) is 30.4 Å². The quantitative estimate of drug-likeness (QED) is 0.895. The average molecular weight is 340 g/mol. The van der Waals surface area contributed by atoms with Crippen molar-refractivity contribution in [2.45, 2.75) is 44.2 Å². The summed E-state index contributed by atoms with van der Waals surface area (Å²) in [5, 5.41) is 9.47. The van der Waals surface area contributed by atoms with Crippen LogP contribution in [0.15, 0.2) is 17.0 Å². The van der Waals surface area contributed by atoms with Gasteiger partial charge in [0.25, 0.3) is 0 Å². The minimum atomic E-state index is -3.76. The van der Waals surface area contributed by atoms with Gasteiger partial charge < -0.3 is 5.11 Å². The summed E-state index contributed by atoms with van der Waals surface area (Å²) in [5.41, 5.74) is -0.321. The maximum absolute atomic E-state index is 12.7. The number of hydrogen-bond acceptors (Lipinski definition) is 3.